The van der Waals surface area contributed by atoms with Crippen LogP contribution in [0.5, 0.6) is 0 Å². The molecule has 1 heterocycles. The topological polar surface area (TPSA) is 4.93 Å². The molecule has 0 aliphatic heterocycles. The van der Waals surface area contributed by atoms with Crippen molar-refractivity contribution in [1.29, 1.82) is 0 Å². The summed E-state index contributed by atoms with van der Waals surface area (Å²) in [6, 6.07) is 33.0. The Hall–Kier alpha value is -3.58. The zero-order valence-electron chi connectivity index (χ0n) is 16.2. The van der Waals surface area contributed by atoms with Crippen molar-refractivity contribution >= 4 is 27.9 Å². The van der Waals surface area contributed by atoms with Crippen molar-refractivity contribution in [2.45, 2.75) is 12.8 Å². The number of hydrogen-bond donors (Lipinski definition) is 0. The lowest BCUT2D eigenvalue weighted by molar-refractivity contribution is 0.986. The van der Waals surface area contributed by atoms with Crippen LogP contribution in [0.15, 0.2) is 97.1 Å². The lowest BCUT2D eigenvalue weighted by atomic mass is 9.95. The highest BCUT2D eigenvalue weighted by Gasteiger charge is 2.15. The van der Waals surface area contributed by atoms with Gasteiger partial charge in [-0.15, -0.1) is 0 Å². The van der Waals surface area contributed by atoms with Gasteiger partial charge in [0.15, 0.2) is 0 Å². The maximum Gasteiger partial charge on any atom is 0.0544 e. The van der Waals surface area contributed by atoms with Gasteiger partial charge < -0.3 is 4.57 Å². The Balaban J connectivity index is 1.59. The fraction of sp³-hybridized carbons (Fsp3) is 0.0714. The number of allylic oxidation sites excluding steroid dienone is 1. The Morgan fingerprint density at radius 3 is 2.24 bits per heavy atom. The molecule has 1 heteroatoms. The van der Waals surface area contributed by atoms with Crippen molar-refractivity contribution in [1.82, 2.24) is 4.57 Å². The van der Waals surface area contributed by atoms with Gasteiger partial charge in [0, 0.05) is 16.5 Å². The Bertz CT molecular complexity index is 1370. The first kappa shape index (κ1) is 16.4. The first-order chi connectivity index (χ1) is 14.4. The number of fused-ring (bicyclic) bond motifs is 4. The second-order valence-electron chi connectivity index (χ2n) is 7.77. The summed E-state index contributed by atoms with van der Waals surface area (Å²) in [5, 5.41) is 2.65. The molecule has 0 spiro atoms. The fourth-order valence-electron chi connectivity index (χ4n) is 4.61. The van der Waals surface area contributed by atoms with Gasteiger partial charge >= 0.3 is 0 Å². The molecule has 0 saturated heterocycles. The van der Waals surface area contributed by atoms with Gasteiger partial charge in [-0.25, -0.2) is 0 Å². The van der Waals surface area contributed by atoms with E-state index in [0.717, 1.165) is 12.8 Å². The van der Waals surface area contributed by atoms with Gasteiger partial charge in [-0.2, -0.15) is 0 Å². The first-order valence-electron chi connectivity index (χ1n) is 10.3. The van der Waals surface area contributed by atoms with Crippen molar-refractivity contribution in [3.63, 3.8) is 0 Å². The highest BCUT2D eigenvalue weighted by atomic mass is 15.0. The van der Waals surface area contributed by atoms with Crippen LogP contribution in [-0.4, -0.2) is 4.57 Å². The van der Waals surface area contributed by atoms with E-state index in [4.69, 9.17) is 0 Å². The Kier molecular flexibility index (Phi) is 3.67. The number of aromatic nitrogens is 1. The van der Waals surface area contributed by atoms with E-state index in [2.05, 4.69) is 108 Å². The maximum absolute atomic E-state index is 2.41. The van der Waals surface area contributed by atoms with E-state index in [-0.39, 0.29) is 0 Å². The highest BCUT2D eigenvalue weighted by Crippen LogP contribution is 2.35. The SMILES string of the molecule is C1=Cc2cc3c4ccccc4n(-c4ccc(-c5ccccc5)cc4)c3cc2CC1. The summed E-state index contributed by atoms with van der Waals surface area (Å²) in [7, 11) is 0. The molecule has 1 aromatic heterocycles. The van der Waals surface area contributed by atoms with E-state index in [1.165, 1.54) is 49.7 Å². The molecule has 4 aromatic carbocycles. The molecule has 1 aliphatic rings. The fourth-order valence-corrected chi connectivity index (χ4v) is 4.61. The van der Waals surface area contributed by atoms with Gasteiger partial charge in [-0.05, 0) is 65.4 Å². The van der Waals surface area contributed by atoms with Crippen LogP contribution in [0, 0.1) is 0 Å². The number of rotatable bonds is 2. The van der Waals surface area contributed by atoms with Gasteiger partial charge in [0.1, 0.15) is 0 Å². The van der Waals surface area contributed by atoms with Crippen molar-refractivity contribution in [2.75, 3.05) is 0 Å². The molecular formula is C28H21N. The molecular weight excluding hydrogens is 350 g/mol. The molecule has 1 aliphatic carbocycles. The molecule has 29 heavy (non-hydrogen) atoms. The van der Waals surface area contributed by atoms with Crippen LogP contribution >= 0.6 is 0 Å². The van der Waals surface area contributed by atoms with Crippen LogP contribution in [0.2, 0.25) is 0 Å². The third-order valence-electron chi connectivity index (χ3n) is 6.04. The second kappa shape index (κ2) is 6.49. The van der Waals surface area contributed by atoms with E-state index in [1.807, 2.05) is 0 Å². The molecule has 0 fully saturated rings. The zero-order valence-corrected chi connectivity index (χ0v) is 16.2. The first-order valence-corrected chi connectivity index (χ1v) is 10.3. The molecule has 0 atom stereocenters. The lowest BCUT2D eigenvalue weighted by Crippen LogP contribution is -1.97. The summed E-state index contributed by atoms with van der Waals surface area (Å²) < 4.78 is 2.41. The lowest BCUT2D eigenvalue weighted by Gasteiger charge is -2.13. The zero-order chi connectivity index (χ0) is 19.2. The monoisotopic (exact) mass is 371 g/mol. The van der Waals surface area contributed by atoms with Gasteiger partial charge in [0.25, 0.3) is 0 Å². The summed E-state index contributed by atoms with van der Waals surface area (Å²) in [5.41, 5.74) is 9.09. The minimum Gasteiger partial charge on any atom is -0.309 e. The summed E-state index contributed by atoms with van der Waals surface area (Å²) in [4.78, 5) is 0. The van der Waals surface area contributed by atoms with Gasteiger partial charge in [-0.1, -0.05) is 72.8 Å². The molecule has 0 amide bonds. The standard InChI is InChI=1S/C28H21N/c1-2-8-20(9-3-1)21-14-16-24(17-15-21)29-27-13-7-6-12-25(27)26-18-22-10-4-5-11-23(22)19-28(26)29/h1-4,6-10,12-19H,5,11H2. The number of para-hydroxylation sites is 1. The molecule has 5 aromatic rings. The summed E-state index contributed by atoms with van der Waals surface area (Å²) in [5.74, 6) is 0. The average molecular weight is 371 g/mol. The van der Waals surface area contributed by atoms with Crippen molar-refractivity contribution in [2.24, 2.45) is 0 Å². The van der Waals surface area contributed by atoms with Gasteiger partial charge in [0.05, 0.1) is 11.0 Å². The van der Waals surface area contributed by atoms with E-state index < -0.39 is 0 Å². The largest absolute Gasteiger partial charge is 0.309 e. The molecule has 1 nitrogen and oxygen atoms in total. The van der Waals surface area contributed by atoms with E-state index in [9.17, 15) is 0 Å². The van der Waals surface area contributed by atoms with Crippen LogP contribution in [0.25, 0.3) is 44.7 Å². The van der Waals surface area contributed by atoms with Crippen LogP contribution in [0.4, 0.5) is 0 Å². The Labute approximate surface area is 170 Å². The summed E-state index contributed by atoms with van der Waals surface area (Å²) in [6.07, 6.45) is 6.81. The second-order valence-corrected chi connectivity index (χ2v) is 7.77. The minimum absolute atomic E-state index is 1.12. The predicted molar refractivity (Wildman–Crippen MR) is 124 cm³/mol. The quantitative estimate of drug-likeness (QED) is 0.304. The van der Waals surface area contributed by atoms with Crippen LogP contribution in [-0.2, 0) is 6.42 Å². The molecule has 0 unspecified atom stereocenters. The highest BCUT2D eigenvalue weighted by molar-refractivity contribution is 6.10. The van der Waals surface area contributed by atoms with E-state index in [1.54, 1.807) is 0 Å². The molecule has 0 N–H and O–H groups in total. The number of aryl methyl sites for hydroxylation is 1. The van der Waals surface area contributed by atoms with Crippen molar-refractivity contribution in [3.8, 4) is 16.8 Å². The van der Waals surface area contributed by atoms with E-state index in [0.29, 0.717) is 0 Å². The number of benzene rings is 4. The number of nitrogens with zero attached hydrogens (tertiary/aromatic N) is 1. The molecule has 0 bridgehead atoms. The third-order valence-corrected chi connectivity index (χ3v) is 6.04. The molecule has 138 valence electrons. The summed E-state index contributed by atoms with van der Waals surface area (Å²) in [6.45, 7) is 0. The number of hydrogen-bond acceptors (Lipinski definition) is 0. The third kappa shape index (κ3) is 2.62. The van der Waals surface area contributed by atoms with Gasteiger partial charge in [0.2, 0.25) is 0 Å². The predicted octanol–water partition coefficient (Wildman–Crippen LogP) is 7.41. The average Bonchev–Trinajstić information content (AvgIpc) is 3.11. The molecule has 0 saturated carbocycles. The summed E-state index contributed by atoms with van der Waals surface area (Å²) >= 11 is 0. The van der Waals surface area contributed by atoms with Crippen LogP contribution in [0.3, 0.4) is 0 Å². The smallest absolute Gasteiger partial charge is 0.0544 e. The molecule has 6 rings (SSSR count). The normalized spacial score (nSPS) is 13.1. The minimum atomic E-state index is 1.12. The van der Waals surface area contributed by atoms with Gasteiger partial charge in [-0.3, -0.25) is 0 Å². The van der Waals surface area contributed by atoms with Crippen LogP contribution in [0.1, 0.15) is 17.5 Å². The Morgan fingerprint density at radius 2 is 1.38 bits per heavy atom. The van der Waals surface area contributed by atoms with Crippen molar-refractivity contribution < 1.29 is 0 Å². The maximum atomic E-state index is 2.41. The van der Waals surface area contributed by atoms with Crippen molar-refractivity contribution in [3.05, 3.63) is 108 Å². The van der Waals surface area contributed by atoms with Crippen LogP contribution < -0.4 is 0 Å². The molecule has 0 radical (unpaired) electrons. The Morgan fingerprint density at radius 1 is 0.621 bits per heavy atom. The van der Waals surface area contributed by atoms with E-state index >= 15 is 0 Å².